The summed E-state index contributed by atoms with van der Waals surface area (Å²) in [6.45, 7) is 7.25. The number of hydrogen-bond acceptors (Lipinski definition) is 8. The van der Waals surface area contributed by atoms with Crippen molar-refractivity contribution in [1.82, 2.24) is 0 Å². The molecule has 4 atom stereocenters. The number of rotatable bonds is 7. The van der Waals surface area contributed by atoms with Crippen LogP contribution in [-0.4, -0.2) is 61.1 Å². The molecule has 0 aliphatic carbocycles. The minimum Gasteiger partial charge on any atom is -0.458 e. The summed E-state index contributed by atoms with van der Waals surface area (Å²) in [5.41, 5.74) is 0.767. The molecule has 2 saturated heterocycles. The van der Waals surface area contributed by atoms with E-state index in [9.17, 15) is 9.59 Å². The van der Waals surface area contributed by atoms with Gasteiger partial charge in [0.2, 0.25) is 0 Å². The Hall–Kier alpha value is -2.78. The predicted octanol–water partition coefficient (Wildman–Crippen LogP) is 3.74. The van der Waals surface area contributed by atoms with Crippen molar-refractivity contribution in [3.8, 4) is 0 Å². The van der Waals surface area contributed by atoms with Gasteiger partial charge in [0.1, 0.15) is 24.9 Å². The predicted molar refractivity (Wildman–Crippen MR) is 121 cm³/mol. The van der Waals surface area contributed by atoms with Gasteiger partial charge >= 0.3 is 11.9 Å². The van der Waals surface area contributed by atoms with Gasteiger partial charge in [-0.25, -0.2) is 9.59 Å². The lowest BCUT2D eigenvalue weighted by molar-refractivity contribution is -0.175. The van der Waals surface area contributed by atoms with Gasteiger partial charge in [-0.15, -0.1) is 0 Å². The van der Waals surface area contributed by atoms with Gasteiger partial charge in [0.05, 0.1) is 17.7 Å². The zero-order valence-corrected chi connectivity index (χ0v) is 19.8. The molecular formula is C26H30O8. The van der Waals surface area contributed by atoms with Gasteiger partial charge in [0, 0.05) is 0 Å². The van der Waals surface area contributed by atoms with Gasteiger partial charge in [-0.1, -0.05) is 36.4 Å². The molecular weight excluding hydrogens is 440 g/mol. The van der Waals surface area contributed by atoms with Gasteiger partial charge in [-0.2, -0.15) is 0 Å². The molecule has 34 heavy (non-hydrogen) atoms. The van der Waals surface area contributed by atoms with E-state index in [1.54, 1.807) is 62.4 Å². The Morgan fingerprint density at radius 3 is 2.00 bits per heavy atom. The SMILES string of the molecule is CC1(C)O[C@@H]([C@@H](COC(=O)c2ccccc2)OC(=O)c2ccccc2)[C@H]([C@H]2COC(C)(C)O2)O1. The smallest absolute Gasteiger partial charge is 0.338 e. The zero-order chi connectivity index (χ0) is 24.3. The lowest BCUT2D eigenvalue weighted by Gasteiger charge is -2.28. The monoisotopic (exact) mass is 470 g/mol. The molecule has 8 nitrogen and oxygen atoms in total. The first-order chi connectivity index (χ1) is 16.1. The topological polar surface area (TPSA) is 89.5 Å². The second kappa shape index (κ2) is 9.84. The molecule has 0 amide bonds. The first kappa shape index (κ1) is 24.3. The third kappa shape index (κ3) is 5.82. The summed E-state index contributed by atoms with van der Waals surface area (Å²) in [5, 5.41) is 0. The number of ether oxygens (including phenoxy) is 6. The number of esters is 2. The van der Waals surface area contributed by atoms with Gasteiger partial charge in [-0.3, -0.25) is 0 Å². The van der Waals surface area contributed by atoms with E-state index in [0.717, 1.165) is 0 Å². The molecule has 0 N–H and O–H groups in total. The van der Waals surface area contributed by atoms with Gasteiger partial charge < -0.3 is 28.4 Å². The normalized spacial score (nSPS) is 26.1. The van der Waals surface area contributed by atoms with Crippen LogP contribution in [0.4, 0.5) is 0 Å². The van der Waals surface area contributed by atoms with Crippen LogP contribution in [0, 0.1) is 0 Å². The minimum absolute atomic E-state index is 0.218. The number of hydrogen-bond donors (Lipinski definition) is 0. The molecule has 2 aliphatic rings. The average Bonchev–Trinajstić information content (AvgIpc) is 3.35. The molecule has 0 radical (unpaired) electrons. The van der Waals surface area contributed by atoms with E-state index in [4.69, 9.17) is 28.4 Å². The Morgan fingerprint density at radius 2 is 1.44 bits per heavy atom. The Bertz CT molecular complexity index is 988. The number of carbonyl (C=O) groups is 2. The van der Waals surface area contributed by atoms with E-state index in [-0.39, 0.29) is 13.2 Å². The first-order valence-corrected chi connectivity index (χ1v) is 11.3. The van der Waals surface area contributed by atoms with Gasteiger partial charge in [-0.05, 0) is 52.0 Å². The summed E-state index contributed by atoms with van der Waals surface area (Å²) < 4.78 is 35.4. The standard InChI is InChI=1S/C26H30O8/c1-25(2)30-16-20(32-25)22-21(33-26(3,4)34-22)19(31-24(28)18-13-9-6-10-14-18)15-29-23(27)17-11-7-5-8-12-17/h5-14,19-22H,15-16H2,1-4H3/t19-,20-,21+,22+/m1/s1. The molecule has 2 aromatic carbocycles. The Balaban J connectivity index is 1.56. The fraction of sp³-hybridized carbons (Fsp3) is 0.462. The highest BCUT2D eigenvalue weighted by molar-refractivity contribution is 5.90. The second-order valence-corrected chi connectivity index (χ2v) is 9.21. The van der Waals surface area contributed by atoms with Crippen LogP contribution in [0.25, 0.3) is 0 Å². The highest BCUT2D eigenvalue weighted by atomic mass is 16.8. The summed E-state index contributed by atoms with van der Waals surface area (Å²) in [4.78, 5) is 25.5. The van der Waals surface area contributed by atoms with E-state index in [1.807, 2.05) is 26.0 Å². The van der Waals surface area contributed by atoms with E-state index < -0.39 is 47.9 Å². The van der Waals surface area contributed by atoms with Gasteiger partial charge in [0.15, 0.2) is 17.7 Å². The summed E-state index contributed by atoms with van der Waals surface area (Å²) in [6, 6.07) is 17.2. The molecule has 2 aromatic rings. The summed E-state index contributed by atoms with van der Waals surface area (Å²) >= 11 is 0. The van der Waals surface area contributed by atoms with Crippen LogP contribution in [0.2, 0.25) is 0 Å². The van der Waals surface area contributed by atoms with Crippen LogP contribution in [0.1, 0.15) is 48.4 Å². The quantitative estimate of drug-likeness (QED) is 0.566. The summed E-state index contributed by atoms with van der Waals surface area (Å²) in [5.74, 6) is -2.83. The maximum absolute atomic E-state index is 12.9. The van der Waals surface area contributed by atoms with E-state index >= 15 is 0 Å². The molecule has 0 bridgehead atoms. The largest absolute Gasteiger partial charge is 0.458 e. The molecule has 2 aliphatic heterocycles. The van der Waals surface area contributed by atoms with E-state index in [0.29, 0.717) is 11.1 Å². The van der Waals surface area contributed by atoms with Crippen LogP contribution in [0.5, 0.6) is 0 Å². The lowest BCUT2D eigenvalue weighted by atomic mass is 10.0. The molecule has 4 rings (SSSR count). The average molecular weight is 471 g/mol. The van der Waals surface area contributed by atoms with Crippen molar-refractivity contribution in [3.05, 3.63) is 71.8 Å². The van der Waals surface area contributed by atoms with Crippen molar-refractivity contribution in [2.24, 2.45) is 0 Å². The number of carbonyl (C=O) groups excluding carboxylic acids is 2. The van der Waals surface area contributed by atoms with Crippen LogP contribution < -0.4 is 0 Å². The minimum atomic E-state index is -0.966. The molecule has 0 saturated carbocycles. The Labute approximate surface area is 199 Å². The lowest BCUT2D eigenvalue weighted by Crippen LogP contribution is -2.47. The third-order valence-corrected chi connectivity index (χ3v) is 5.58. The summed E-state index contributed by atoms with van der Waals surface area (Å²) in [6.07, 6.45) is -2.77. The van der Waals surface area contributed by atoms with Crippen molar-refractivity contribution < 1.29 is 38.0 Å². The molecule has 182 valence electrons. The first-order valence-electron chi connectivity index (χ1n) is 11.3. The zero-order valence-electron chi connectivity index (χ0n) is 19.8. The molecule has 2 fully saturated rings. The van der Waals surface area contributed by atoms with Crippen molar-refractivity contribution >= 4 is 11.9 Å². The van der Waals surface area contributed by atoms with Crippen molar-refractivity contribution in [1.29, 1.82) is 0 Å². The highest BCUT2D eigenvalue weighted by Crippen LogP contribution is 2.37. The van der Waals surface area contributed by atoms with Crippen LogP contribution in [0.15, 0.2) is 60.7 Å². The third-order valence-electron chi connectivity index (χ3n) is 5.58. The molecule has 0 unspecified atom stereocenters. The maximum atomic E-state index is 12.9. The second-order valence-electron chi connectivity index (χ2n) is 9.21. The summed E-state index contributed by atoms with van der Waals surface area (Å²) in [7, 11) is 0. The van der Waals surface area contributed by atoms with Crippen LogP contribution in [0.3, 0.4) is 0 Å². The Kier molecular flexibility index (Phi) is 7.04. The fourth-order valence-electron chi connectivity index (χ4n) is 4.06. The Morgan fingerprint density at radius 1 is 0.853 bits per heavy atom. The maximum Gasteiger partial charge on any atom is 0.338 e. The molecule has 0 aromatic heterocycles. The molecule has 0 spiro atoms. The van der Waals surface area contributed by atoms with Crippen LogP contribution >= 0.6 is 0 Å². The van der Waals surface area contributed by atoms with Crippen molar-refractivity contribution in [2.75, 3.05) is 13.2 Å². The van der Waals surface area contributed by atoms with E-state index in [2.05, 4.69) is 0 Å². The van der Waals surface area contributed by atoms with Crippen molar-refractivity contribution in [3.63, 3.8) is 0 Å². The van der Waals surface area contributed by atoms with E-state index in [1.165, 1.54) is 0 Å². The molecule has 2 heterocycles. The van der Waals surface area contributed by atoms with Crippen LogP contribution in [-0.2, 0) is 28.4 Å². The highest BCUT2D eigenvalue weighted by Gasteiger charge is 2.53. The number of benzene rings is 2. The van der Waals surface area contributed by atoms with Gasteiger partial charge in [0.25, 0.3) is 0 Å². The fourth-order valence-corrected chi connectivity index (χ4v) is 4.06. The molecule has 8 heteroatoms. The van der Waals surface area contributed by atoms with Crippen molar-refractivity contribution in [2.45, 2.75) is 63.7 Å².